The van der Waals surface area contributed by atoms with Crippen molar-refractivity contribution < 1.29 is 19.4 Å². The highest BCUT2D eigenvalue weighted by Crippen LogP contribution is 2.20. The average Bonchev–Trinajstić information content (AvgIpc) is 2.49. The van der Waals surface area contributed by atoms with Crippen molar-refractivity contribution >= 4 is 5.84 Å². The topological polar surface area (TPSA) is 86.3 Å². The van der Waals surface area contributed by atoms with Crippen LogP contribution >= 0.6 is 0 Å². The Balaban J connectivity index is 2.52. The average molecular weight is 296 g/mol. The van der Waals surface area contributed by atoms with Gasteiger partial charge in [0.05, 0.1) is 26.9 Å². The van der Waals surface area contributed by atoms with Crippen LogP contribution in [0.1, 0.15) is 25.0 Å². The number of methoxy groups -OCH3 is 1. The van der Waals surface area contributed by atoms with Crippen LogP contribution in [0.4, 0.5) is 0 Å². The molecule has 0 spiro atoms. The molecule has 21 heavy (non-hydrogen) atoms. The van der Waals surface area contributed by atoms with Gasteiger partial charge in [-0.1, -0.05) is 19.0 Å². The molecule has 0 aliphatic carbocycles. The molecule has 3 N–H and O–H groups in total. The highest BCUT2D eigenvalue weighted by molar-refractivity contribution is 5.97. The molecule has 0 atom stereocenters. The fraction of sp³-hybridized carbons (Fsp3) is 0.533. The predicted octanol–water partition coefficient (Wildman–Crippen LogP) is 1.98. The fourth-order valence-corrected chi connectivity index (χ4v) is 1.73. The Morgan fingerprint density at radius 3 is 2.62 bits per heavy atom. The molecule has 0 amide bonds. The molecule has 0 heterocycles. The van der Waals surface area contributed by atoms with Gasteiger partial charge in [0.1, 0.15) is 5.75 Å². The van der Waals surface area contributed by atoms with Crippen LogP contribution in [0.5, 0.6) is 5.75 Å². The molecule has 0 saturated carbocycles. The summed E-state index contributed by atoms with van der Waals surface area (Å²) in [6, 6.07) is 5.27. The Labute approximate surface area is 125 Å². The van der Waals surface area contributed by atoms with E-state index < -0.39 is 0 Å². The first-order chi connectivity index (χ1) is 10.1. The molecule has 1 aromatic rings. The van der Waals surface area contributed by atoms with E-state index in [-0.39, 0.29) is 5.84 Å². The number of amidine groups is 1. The van der Waals surface area contributed by atoms with Crippen LogP contribution in [-0.2, 0) is 16.1 Å². The number of ether oxygens (including phenoxy) is 3. The number of nitrogens with zero attached hydrogens (tertiary/aromatic N) is 1. The highest BCUT2D eigenvalue weighted by Gasteiger charge is 2.07. The van der Waals surface area contributed by atoms with Crippen molar-refractivity contribution in [1.29, 1.82) is 0 Å². The van der Waals surface area contributed by atoms with Gasteiger partial charge in [-0.25, -0.2) is 0 Å². The molecule has 0 unspecified atom stereocenters. The summed E-state index contributed by atoms with van der Waals surface area (Å²) in [6.45, 7) is 6.37. The number of rotatable bonds is 9. The highest BCUT2D eigenvalue weighted by atomic mass is 16.5. The second-order valence-electron chi connectivity index (χ2n) is 5.03. The van der Waals surface area contributed by atoms with E-state index in [1.807, 2.05) is 0 Å². The lowest BCUT2D eigenvalue weighted by Gasteiger charge is -2.11. The van der Waals surface area contributed by atoms with Gasteiger partial charge in [-0.2, -0.15) is 0 Å². The molecule has 0 bridgehead atoms. The summed E-state index contributed by atoms with van der Waals surface area (Å²) in [5.74, 6) is 1.27. The van der Waals surface area contributed by atoms with Crippen LogP contribution < -0.4 is 10.5 Å². The quantitative estimate of drug-likeness (QED) is 0.239. The number of nitrogens with two attached hydrogens (primary N) is 1. The molecule has 1 aromatic carbocycles. The van der Waals surface area contributed by atoms with Gasteiger partial charge in [0.2, 0.25) is 0 Å². The van der Waals surface area contributed by atoms with Crippen molar-refractivity contribution in [1.82, 2.24) is 0 Å². The molecule has 6 heteroatoms. The molecule has 6 nitrogen and oxygen atoms in total. The summed E-state index contributed by atoms with van der Waals surface area (Å²) >= 11 is 0. The van der Waals surface area contributed by atoms with E-state index in [1.54, 1.807) is 25.3 Å². The first kappa shape index (κ1) is 17.3. The van der Waals surface area contributed by atoms with E-state index in [1.165, 1.54) is 0 Å². The lowest BCUT2D eigenvalue weighted by atomic mass is 10.1. The maximum atomic E-state index is 8.71. The maximum absolute atomic E-state index is 8.71. The van der Waals surface area contributed by atoms with Crippen molar-refractivity contribution in [3.05, 3.63) is 29.3 Å². The molecule has 0 fully saturated rings. The van der Waals surface area contributed by atoms with Crippen LogP contribution in [0.25, 0.3) is 0 Å². The lowest BCUT2D eigenvalue weighted by Crippen LogP contribution is -2.14. The third-order valence-corrected chi connectivity index (χ3v) is 2.76. The van der Waals surface area contributed by atoms with E-state index in [9.17, 15) is 0 Å². The molecule has 0 aliphatic rings. The van der Waals surface area contributed by atoms with Gasteiger partial charge in [-0.3, -0.25) is 0 Å². The van der Waals surface area contributed by atoms with E-state index in [0.29, 0.717) is 37.1 Å². The largest absolute Gasteiger partial charge is 0.496 e. The Morgan fingerprint density at radius 1 is 1.29 bits per heavy atom. The number of hydrogen-bond acceptors (Lipinski definition) is 5. The summed E-state index contributed by atoms with van der Waals surface area (Å²) in [5, 5.41) is 11.7. The molecule has 0 radical (unpaired) electrons. The van der Waals surface area contributed by atoms with Gasteiger partial charge in [0.15, 0.2) is 5.84 Å². The van der Waals surface area contributed by atoms with Crippen LogP contribution in [0, 0.1) is 5.92 Å². The molecule has 118 valence electrons. The summed E-state index contributed by atoms with van der Waals surface area (Å²) in [5.41, 5.74) is 7.03. The van der Waals surface area contributed by atoms with Crippen molar-refractivity contribution in [2.24, 2.45) is 16.8 Å². The van der Waals surface area contributed by atoms with E-state index in [4.69, 9.17) is 25.2 Å². The second kappa shape index (κ2) is 9.20. The van der Waals surface area contributed by atoms with Crippen molar-refractivity contribution in [2.75, 3.05) is 26.9 Å². The molecule has 0 saturated heterocycles. The monoisotopic (exact) mass is 296 g/mol. The Kier molecular flexibility index (Phi) is 7.56. The van der Waals surface area contributed by atoms with Crippen molar-refractivity contribution in [3.8, 4) is 5.75 Å². The van der Waals surface area contributed by atoms with Gasteiger partial charge >= 0.3 is 0 Å². The van der Waals surface area contributed by atoms with Gasteiger partial charge < -0.3 is 25.2 Å². The smallest absolute Gasteiger partial charge is 0.170 e. The Hall–Kier alpha value is -1.79. The zero-order valence-corrected chi connectivity index (χ0v) is 12.8. The third-order valence-electron chi connectivity index (χ3n) is 2.76. The van der Waals surface area contributed by atoms with Crippen molar-refractivity contribution in [3.63, 3.8) is 0 Å². The zero-order chi connectivity index (χ0) is 15.7. The Bertz CT molecular complexity index is 461. The minimum atomic E-state index is 0.0548. The Morgan fingerprint density at radius 2 is 2.00 bits per heavy atom. The van der Waals surface area contributed by atoms with E-state index in [0.717, 1.165) is 12.2 Å². The summed E-state index contributed by atoms with van der Waals surface area (Å²) in [7, 11) is 1.59. The zero-order valence-electron chi connectivity index (χ0n) is 12.8. The number of hydrogen-bond donors (Lipinski definition) is 2. The predicted molar refractivity (Wildman–Crippen MR) is 80.8 cm³/mol. The minimum Gasteiger partial charge on any atom is -0.496 e. The van der Waals surface area contributed by atoms with Gasteiger partial charge in [-0.15, -0.1) is 0 Å². The molecular weight excluding hydrogens is 272 g/mol. The van der Waals surface area contributed by atoms with Gasteiger partial charge in [0, 0.05) is 17.7 Å². The summed E-state index contributed by atoms with van der Waals surface area (Å²) in [6.07, 6.45) is 0. The molecule has 0 aliphatic heterocycles. The molecule has 1 rings (SSSR count). The SMILES string of the molecule is COc1ccc(/C(N)=N/O)cc1COCCOCC(C)C. The molecule has 0 aromatic heterocycles. The van der Waals surface area contributed by atoms with Crippen LogP contribution in [-0.4, -0.2) is 38.0 Å². The third kappa shape index (κ3) is 6.01. The number of oxime groups is 1. The first-order valence-electron chi connectivity index (χ1n) is 6.88. The van der Waals surface area contributed by atoms with Crippen LogP contribution in [0.2, 0.25) is 0 Å². The van der Waals surface area contributed by atoms with E-state index in [2.05, 4.69) is 19.0 Å². The summed E-state index contributed by atoms with van der Waals surface area (Å²) in [4.78, 5) is 0. The summed E-state index contributed by atoms with van der Waals surface area (Å²) < 4.78 is 16.3. The lowest BCUT2D eigenvalue weighted by molar-refractivity contribution is 0.0309. The first-order valence-corrected chi connectivity index (χ1v) is 6.88. The fourth-order valence-electron chi connectivity index (χ4n) is 1.73. The second-order valence-corrected chi connectivity index (χ2v) is 5.03. The maximum Gasteiger partial charge on any atom is 0.170 e. The van der Waals surface area contributed by atoms with Crippen LogP contribution in [0.15, 0.2) is 23.4 Å². The normalized spacial score (nSPS) is 11.9. The standard InChI is InChI=1S/C15H24N2O4/c1-11(2)9-20-6-7-21-10-13-8-12(15(16)17-18)4-5-14(13)19-3/h4-5,8,11,18H,6-7,9-10H2,1-3H3,(H2,16,17). The number of benzene rings is 1. The van der Waals surface area contributed by atoms with Crippen molar-refractivity contribution in [2.45, 2.75) is 20.5 Å². The van der Waals surface area contributed by atoms with Gasteiger partial charge in [-0.05, 0) is 24.1 Å². The van der Waals surface area contributed by atoms with Crippen LogP contribution in [0.3, 0.4) is 0 Å². The molecular formula is C15H24N2O4. The minimum absolute atomic E-state index is 0.0548. The van der Waals surface area contributed by atoms with Gasteiger partial charge in [0.25, 0.3) is 0 Å². The van der Waals surface area contributed by atoms with E-state index >= 15 is 0 Å².